The van der Waals surface area contributed by atoms with Crippen molar-refractivity contribution < 1.29 is 27.4 Å². The Morgan fingerprint density at radius 3 is 3.17 bits per heavy atom. The highest BCUT2D eigenvalue weighted by Crippen LogP contribution is 2.22. The van der Waals surface area contributed by atoms with Crippen LogP contribution in [0.25, 0.3) is 11.0 Å². The van der Waals surface area contributed by atoms with Crippen LogP contribution in [0.5, 0.6) is 11.5 Å². The van der Waals surface area contributed by atoms with Crippen molar-refractivity contribution in [3.8, 4) is 11.5 Å². The largest absolute Gasteiger partial charge is 0.497 e. The van der Waals surface area contributed by atoms with Gasteiger partial charge in [-0.25, -0.2) is 4.98 Å². The van der Waals surface area contributed by atoms with Crippen molar-refractivity contribution in [2.24, 2.45) is 0 Å². The normalized spacial score (nSPS) is 20.4. The van der Waals surface area contributed by atoms with Gasteiger partial charge in [0.25, 0.3) is 0 Å². The molecule has 0 bridgehead atoms. The summed E-state index contributed by atoms with van der Waals surface area (Å²) in [4.78, 5) is 10.3. The monoisotopic (exact) mass is 341 g/mol. The summed E-state index contributed by atoms with van der Waals surface area (Å²) >= 11 is 0. The third-order valence-electron chi connectivity index (χ3n) is 2.87. The highest BCUT2D eigenvalue weighted by atomic mass is 32.2. The van der Waals surface area contributed by atoms with Gasteiger partial charge in [0.1, 0.15) is 11.5 Å². The zero-order valence-corrected chi connectivity index (χ0v) is 12.6. The number of imidazole rings is 1. The summed E-state index contributed by atoms with van der Waals surface area (Å²) in [5, 5.41) is -0.325. The van der Waals surface area contributed by atoms with Crippen LogP contribution in [0.15, 0.2) is 35.6 Å². The number of hydrogen-bond donors (Lipinski definition) is 1. The molecule has 0 spiro atoms. The number of methoxy groups -OCH3 is 2. The molecule has 2 aromatic heterocycles. The first-order valence-corrected chi connectivity index (χ1v) is 7.38. The number of nitrogens with one attached hydrogen (secondary N) is 1. The molecule has 6 nitrogen and oxygen atoms in total. The van der Waals surface area contributed by atoms with Crippen LogP contribution in [-0.2, 0) is 16.5 Å². The van der Waals surface area contributed by atoms with Crippen LogP contribution >= 0.6 is 0 Å². The maximum Gasteiger partial charge on any atom is 0.197 e. The van der Waals surface area contributed by atoms with Gasteiger partial charge in [-0.1, -0.05) is 0 Å². The Bertz CT molecular complexity index is 1240. The molecular weight excluding hydrogens is 314 g/mol. The van der Waals surface area contributed by atoms with Crippen molar-refractivity contribution in [3.63, 3.8) is 0 Å². The second-order valence-electron chi connectivity index (χ2n) is 4.30. The van der Waals surface area contributed by atoms with Gasteiger partial charge >= 0.3 is 0 Å². The Morgan fingerprint density at radius 1 is 1.48 bits per heavy atom. The molecule has 0 aliphatic heterocycles. The van der Waals surface area contributed by atoms with Gasteiger partial charge in [-0.05, 0) is 19.0 Å². The fourth-order valence-corrected chi connectivity index (χ4v) is 2.55. The van der Waals surface area contributed by atoms with E-state index in [1.54, 1.807) is 18.2 Å². The minimum Gasteiger partial charge on any atom is -0.497 e. The molecule has 120 valence electrons. The minimum absolute atomic E-state index is 0.325. The molecule has 3 aromatic rings. The summed E-state index contributed by atoms with van der Waals surface area (Å²) in [6.45, 7) is -3.08. The van der Waals surface area contributed by atoms with E-state index in [-0.39, 0.29) is 5.16 Å². The van der Waals surface area contributed by atoms with Gasteiger partial charge in [0, 0.05) is 30.7 Å². The number of fused-ring (bicyclic) bond motifs is 1. The maximum atomic E-state index is 13.1. The lowest BCUT2D eigenvalue weighted by Gasteiger charge is -2.06. The van der Waals surface area contributed by atoms with Gasteiger partial charge in [0.05, 0.1) is 54.2 Å². The molecule has 0 saturated carbocycles. The van der Waals surface area contributed by atoms with Crippen molar-refractivity contribution in [1.29, 1.82) is 0 Å². The molecule has 0 radical (unpaired) electrons. The molecule has 0 aliphatic rings. The number of H-pyrrole nitrogens is 1. The van der Waals surface area contributed by atoms with E-state index in [4.69, 9.17) is 18.4 Å². The molecule has 1 N–H and O–H groups in total. The number of hydrogen-bond acceptors (Lipinski definition) is 5. The topological polar surface area (TPSA) is 77.1 Å². The minimum atomic E-state index is -3.20. The van der Waals surface area contributed by atoms with Gasteiger partial charge in [-0.3, -0.25) is 9.19 Å². The van der Waals surface area contributed by atoms with Crippen LogP contribution in [0.4, 0.5) is 0 Å². The van der Waals surface area contributed by atoms with Crippen LogP contribution in [0.3, 0.4) is 0 Å². The molecule has 0 amide bonds. The van der Waals surface area contributed by atoms with Gasteiger partial charge in [-0.15, -0.1) is 0 Å². The van der Waals surface area contributed by atoms with Gasteiger partial charge in [0.2, 0.25) is 0 Å². The van der Waals surface area contributed by atoms with E-state index < -0.39 is 59.6 Å². The molecule has 23 heavy (non-hydrogen) atoms. The van der Waals surface area contributed by atoms with E-state index in [0.29, 0.717) is 16.8 Å². The van der Waals surface area contributed by atoms with Gasteiger partial charge in [0.15, 0.2) is 5.16 Å². The van der Waals surface area contributed by atoms with E-state index in [1.165, 1.54) is 7.11 Å². The number of pyridine rings is 1. The number of nitrogens with zero attached hydrogens (tertiary/aromatic N) is 2. The summed E-state index contributed by atoms with van der Waals surface area (Å²) in [5.74, 6) is -0.590. The predicted octanol–water partition coefficient (Wildman–Crippen LogP) is 2.59. The highest BCUT2D eigenvalue weighted by molar-refractivity contribution is 7.84. The van der Waals surface area contributed by atoms with Crippen molar-refractivity contribution in [3.05, 3.63) is 41.7 Å². The Balaban J connectivity index is 2.17. The van der Waals surface area contributed by atoms with E-state index in [9.17, 15) is 4.21 Å². The highest BCUT2D eigenvalue weighted by Gasteiger charge is 2.13. The molecule has 3 rings (SSSR count). The molecule has 1 aromatic carbocycles. The Labute approximate surface area is 150 Å². The zero-order valence-electron chi connectivity index (χ0n) is 21.8. The van der Waals surface area contributed by atoms with Crippen molar-refractivity contribution in [2.45, 2.75) is 17.7 Å². The fraction of sp³-hybridized carbons (Fsp3) is 0.250. The van der Waals surface area contributed by atoms with Gasteiger partial charge in [-0.2, -0.15) is 0 Å². The lowest BCUT2D eigenvalue weighted by atomic mass is 10.2. The smallest absolute Gasteiger partial charge is 0.197 e. The van der Waals surface area contributed by atoms with Crippen LogP contribution in [0, 0.1) is 6.85 Å². The standard InChI is InChI=1S/C16H17N3O3S/c1-10-8-17-11(6-15(10)22-3)9-23(20)16-18-13-5-4-12(21-2)7-14(13)19-16/h4-8H,9H2,1-3H3,(H,18,19)/i1D3,3D3,6D,8D,9D2. The average Bonchev–Trinajstić information content (AvgIpc) is 3.10. The molecule has 0 fully saturated rings. The number of aromatic nitrogens is 3. The third kappa shape index (κ3) is 3.19. The summed E-state index contributed by atoms with van der Waals surface area (Å²) in [7, 11) is -4.40. The first kappa shape index (κ1) is 7.44. The molecule has 1 unspecified atom stereocenters. The quantitative estimate of drug-likeness (QED) is 0.772. The fourth-order valence-electron chi connectivity index (χ4n) is 1.80. The van der Waals surface area contributed by atoms with Crippen molar-refractivity contribution in [1.82, 2.24) is 15.0 Å². The van der Waals surface area contributed by atoms with Crippen LogP contribution in [0.2, 0.25) is 0 Å². The second-order valence-corrected chi connectivity index (χ2v) is 5.43. The van der Waals surface area contributed by atoms with Crippen LogP contribution in [-0.4, -0.2) is 33.3 Å². The average molecular weight is 341 g/mol. The second kappa shape index (κ2) is 6.37. The molecule has 0 saturated heterocycles. The summed E-state index contributed by atoms with van der Waals surface area (Å²) < 4.78 is 100. The van der Waals surface area contributed by atoms with Crippen molar-refractivity contribution >= 4 is 21.8 Å². The Hall–Kier alpha value is -2.41. The lowest BCUT2D eigenvalue weighted by molar-refractivity contribution is 0.410. The SMILES string of the molecule is [2H]c1nc(C([2H])([2H])S(=O)c2nc3ccc(OC)cc3[nH]2)c([2H])c(OC([2H])([2H])[2H])c1C([2H])([2H])[2H]. The summed E-state index contributed by atoms with van der Waals surface area (Å²) in [6.07, 6.45) is -1.03. The van der Waals surface area contributed by atoms with Crippen LogP contribution in [0.1, 0.15) is 25.0 Å². The van der Waals surface area contributed by atoms with E-state index >= 15 is 0 Å². The molecule has 2 heterocycles. The summed E-state index contributed by atoms with van der Waals surface area (Å²) in [6, 6.07) is 3.63. The number of aromatic amines is 1. The van der Waals surface area contributed by atoms with Gasteiger partial charge < -0.3 is 14.5 Å². The van der Waals surface area contributed by atoms with E-state index in [1.807, 2.05) is 0 Å². The number of benzene rings is 1. The lowest BCUT2D eigenvalue weighted by Crippen LogP contribution is -2.01. The predicted molar refractivity (Wildman–Crippen MR) is 88.3 cm³/mol. The molecular formula is C16H17N3O3S. The number of ether oxygens (including phenoxy) is 2. The molecule has 7 heteroatoms. The number of rotatable bonds is 5. The molecule has 1 atom stereocenters. The Morgan fingerprint density at radius 2 is 2.39 bits per heavy atom. The Kier molecular flexibility index (Phi) is 2.06. The van der Waals surface area contributed by atoms with Crippen molar-refractivity contribution in [2.75, 3.05) is 14.1 Å². The third-order valence-corrected chi connectivity index (χ3v) is 3.80. The first-order chi connectivity index (χ1) is 15.1. The molecule has 0 aliphatic carbocycles. The summed E-state index contributed by atoms with van der Waals surface area (Å²) in [5.41, 5.74) is -4.15. The van der Waals surface area contributed by atoms with Crippen LogP contribution < -0.4 is 9.47 Å². The maximum absolute atomic E-state index is 13.1. The van der Waals surface area contributed by atoms with E-state index in [0.717, 1.165) is 0 Å². The van der Waals surface area contributed by atoms with E-state index in [2.05, 4.69) is 19.7 Å². The zero-order chi connectivity index (χ0) is 24.9. The first-order valence-electron chi connectivity index (χ1n) is 11.2.